The fraction of sp³-hybridized carbons (Fsp3) is 0.889. The van der Waals surface area contributed by atoms with Gasteiger partial charge in [-0.1, -0.05) is 6.92 Å². The largest absolute Gasteiger partial charge is 0.383 e. The number of likely N-dealkylation sites (N-methyl/N-ethyl adjacent to an activating group) is 1. The number of nitrogens with one attached hydrogen (secondary N) is 2. The van der Waals surface area contributed by atoms with Gasteiger partial charge in [-0.3, -0.25) is 4.79 Å². The van der Waals surface area contributed by atoms with E-state index in [-0.39, 0.29) is 11.9 Å². The van der Waals surface area contributed by atoms with Crippen LogP contribution in [0.3, 0.4) is 0 Å². The zero-order chi connectivity index (χ0) is 10.1. The molecule has 0 bridgehead atoms. The number of methoxy groups -OCH3 is 1. The van der Waals surface area contributed by atoms with E-state index in [2.05, 4.69) is 17.6 Å². The maximum Gasteiger partial charge on any atom is 0.233 e. The van der Waals surface area contributed by atoms with E-state index in [1.807, 2.05) is 6.92 Å². The number of ether oxygens (including phenoxy) is 1. The molecule has 0 saturated carbocycles. The minimum Gasteiger partial charge on any atom is -0.383 e. The summed E-state index contributed by atoms with van der Waals surface area (Å²) in [5, 5.41) is 5.84. The zero-order valence-corrected chi connectivity index (χ0v) is 8.72. The monoisotopic (exact) mass is 188 g/mol. The lowest BCUT2D eigenvalue weighted by Gasteiger charge is -2.15. The number of rotatable bonds is 7. The van der Waals surface area contributed by atoms with Crippen LogP contribution in [0.5, 0.6) is 0 Å². The van der Waals surface area contributed by atoms with Crippen molar-refractivity contribution in [3.63, 3.8) is 0 Å². The number of carbonyl (C=O) groups is 1. The molecule has 0 aliphatic rings. The van der Waals surface area contributed by atoms with Crippen molar-refractivity contribution < 1.29 is 9.53 Å². The Labute approximate surface area is 80.0 Å². The summed E-state index contributed by atoms with van der Waals surface area (Å²) in [6.45, 7) is 5.67. The van der Waals surface area contributed by atoms with Crippen LogP contribution in [0.25, 0.3) is 0 Å². The van der Waals surface area contributed by atoms with Crippen molar-refractivity contribution in [1.82, 2.24) is 10.6 Å². The van der Waals surface area contributed by atoms with Gasteiger partial charge in [-0.25, -0.2) is 0 Å². The van der Waals surface area contributed by atoms with Crippen molar-refractivity contribution in [2.75, 3.05) is 26.8 Å². The summed E-state index contributed by atoms with van der Waals surface area (Å²) in [5.74, 6) is 0.0389. The molecule has 0 aromatic rings. The summed E-state index contributed by atoms with van der Waals surface area (Å²) in [6.07, 6.45) is 0.966. The molecule has 1 atom stereocenters. The van der Waals surface area contributed by atoms with Crippen LogP contribution >= 0.6 is 0 Å². The van der Waals surface area contributed by atoms with Crippen LogP contribution in [0.1, 0.15) is 20.3 Å². The highest BCUT2D eigenvalue weighted by Gasteiger charge is 2.06. The van der Waals surface area contributed by atoms with Crippen molar-refractivity contribution in [1.29, 1.82) is 0 Å². The molecular weight excluding hydrogens is 168 g/mol. The van der Waals surface area contributed by atoms with Crippen LogP contribution < -0.4 is 10.6 Å². The molecule has 78 valence electrons. The first kappa shape index (κ1) is 12.4. The maximum atomic E-state index is 11.1. The van der Waals surface area contributed by atoms with E-state index < -0.39 is 0 Å². The molecule has 0 fully saturated rings. The lowest BCUT2D eigenvalue weighted by molar-refractivity contribution is -0.120. The first-order valence-corrected chi connectivity index (χ1v) is 4.73. The third-order valence-electron chi connectivity index (χ3n) is 1.79. The third kappa shape index (κ3) is 6.54. The van der Waals surface area contributed by atoms with Crippen molar-refractivity contribution in [2.45, 2.75) is 26.3 Å². The van der Waals surface area contributed by atoms with Crippen molar-refractivity contribution in [3.05, 3.63) is 0 Å². The van der Waals surface area contributed by atoms with Gasteiger partial charge in [-0.2, -0.15) is 0 Å². The zero-order valence-electron chi connectivity index (χ0n) is 8.72. The Hall–Kier alpha value is -0.610. The van der Waals surface area contributed by atoms with Gasteiger partial charge in [-0.15, -0.1) is 0 Å². The molecule has 1 amide bonds. The summed E-state index contributed by atoms with van der Waals surface area (Å²) >= 11 is 0. The maximum absolute atomic E-state index is 11.1. The van der Waals surface area contributed by atoms with Crippen LogP contribution in [-0.2, 0) is 9.53 Å². The SMILES string of the molecule is CCNC(=O)CNC(CC)COC. The first-order chi connectivity index (χ1) is 6.24. The lowest BCUT2D eigenvalue weighted by atomic mass is 10.2. The van der Waals surface area contributed by atoms with E-state index in [0.29, 0.717) is 19.7 Å². The van der Waals surface area contributed by atoms with E-state index >= 15 is 0 Å². The Kier molecular flexibility index (Phi) is 7.63. The molecular formula is C9H20N2O2. The molecule has 0 saturated heterocycles. The molecule has 0 aromatic heterocycles. The van der Waals surface area contributed by atoms with Gasteiger partial charge in [-0.05, 0) is 13.3 Å². The molecule has 4 heteroatoms. The highest BCUT2D eigenvalue weighted by Crippen LogP contribution is 1.89. The Morgan fingerprint density at radius 2 is 2.15 bits per heavy atom. The molecule has 2 N–H and O–H groups in total. The third-order valence-corrected chi connectivity index (χ3v) is 1.79. The van der Waals surface area contributed by atoms with Gasteiger partial charge in [0.25, 0.3) is 0 Å². The Bertz CT molecular complexity index is 140. The summed E-state index contributed by atoms with van der Waals surface area (Å²) in [4.78, 5) is 11.1. The highest BCUT2D eigenvalue weighted by molar-refractivity contribution is 5.77. The van der Waals surface area contributed by atoms with E-state index in [4.69, 9.17) is 4.74 Å². The topological polar surface area (TPSA) is 50.4 Å². The lowest BCUT2D eigenvalue weighted by Crippen LogP contribution is -2.40. The van der Waals surface area contributed by atoms with Gasteiger partial charge in [0.05, 0.1) is 13.2 Å². The quantitative estimate of drug-likeness (QED) is 0.597. The van der Waals surface area contributed by atoms with Gasteiger partial charge < -0.3 is 15.4 Å². The Morgan fingerprint density at radius 1 is 1.46 bits per heavy atom. The second kappa shape index (κ2) is 8.01. The van der Waals surface area contributed by atoms with Crippen LogP contribution in [0.4, 0.5) is 0 Å². The average Bonchev–Trinajstić information content (AvgIpc) is 2.12. The number of hydrogen-bond donors (Lipinski definition) is 2. The number of amides is 1. The molecule has 0 radical (unpaired) electrons. The van der Waals surface area contributed by atoms with Crippen molar-refractivity contribution in [3.8, 4) is 0 Å². The minimum absolute atomic E-state index is 0.0389. The molecule has 13 heavy (non-hydrogen) atoms. The van der Waals surface area contributed by atoms with Gasteiger partial charge >= 0.3 is 0 Å². The van der Waals surface area contributed by atoms with E-state index in [0.717, 1.165) is 6.42 Å². The molecule has 0 aromatic carbocycles. The fourth-order valence-corrected chi connectivity index (χ4v) is 1.02. The van der Waals surface area contributed by atoms with Crippen LogP contribution in [-0.4, -0.2) is 38.8 Å². The molecule has 0 spiro atoms. The summed E-state index contributed by atoms with van der Waals surface area (Å²) in [5.41, 5.74) is 0. The molecule has 4 nitrogen and oxygen atoms in total. The van der Waals surface area contributed by atoms with E-state index in [1.54, 1.807) is 7.11 Å². The highest BCUT2D eigenvalue weighted by atomic mass is 16.5. The number of carbonyl (C=O) groups excluding carboxylic acids is 1. The Morgan fingerprint density at radius 3 is 2.62 bits per heavy atom. The Balaban J connectivity index is 3.52. The van der Waals surface area contributed by atoms with Crippen LogP contribution in [0.2, 0.25) is 0 Å². The number of hydrogen-bond acceptors (Lipinski definition) is 3. The van der Waals surface area contributed by atoms with Gasteiger partial charge in [0.15, 0.2) is 0 Å². The second-order valence-corrected chi connectivity index (χ2v) is 2.89. The van der Waals surface area contributed by atoms with Gasteiger partial charge in [0.1, 0.15) is 0 Å². The second-order valence-electron chi connectivity index (χ2n) is 2.89. The van der Waals surface area contributed by atoms with Gasteiger partial charge in [0, 0.05) is 19.7 Å². The van der Waals surface area contributed by atoms with Crippen LogP contribution in [0.15, 0.2) is 0 Å². The molecule has 0 aliphatic heterocycles. The molecule has 0 rings (SSSR count). The normalized spacial score (nSPS) is 12.5. The molecule has 0 heterocycles. The van der Waals surface area contributed by atoms with Crippen molar-refractivity contribution in [2.24, 2.45) is 0 Å². The molecule has 0 aliphatic carbocycles. The predicted octanol–water partition coefficient (Wildman–Crippen LogP) is 0.137. The predicted molar refractivity (Wildman–Crippen MR) is 52.6 cm³/mol. The summed E-state index contributed by atoms with van der Waals surface area (Å²) < 4.78 is 4.99. The minimum atomic E-state index is 0.0389. The fourth-order valence-electron chi connectivity index (χ4n) is 1.02. The van der Waals surface area contributed by atoms with E-state index in [9.17, 15) is 4.79 Å². The first-order valence-electron chi connectivity index (χ1n) is 4.73. The van der Waals surface area contributed by atoms with Crippen molar-refractivity contribution >= 4 is 5.91 Å². The smallest absolute Gasteiger partial charge is 0.233 e. The standard InChI is InChI=1S/C9H20N2O2/c1-4-8(7-13-3)11-6-9(12)10-5-2/h8,11H,4-7H2,1-3H3,(H,10,12). The molecule has 1 unspecified atom stereocenters. The average molecular weight is 188 g/mol. The van der Waals surface area contributed by atoms with Crippen LogP contribution in [0, 0.1) is 0 Å². The summed E-state index contributed by atoms with van der Waals surface area (Å²) in [7, 11) is 1.66. The summed E-state index contributed by atoms with van der Waals surface area (Å²) in [6, 6.07) is 0.271. The van der Waals surface area contributed by atoms with Gasteiger partial charge in [0.2, 0.25) is 5.91 Å². The van der Waals surface area contributed by atoms with E-state index in [1.165, 1.54) is 0 Å².